The number of thiazole rings is 1. The number of amides is 1. The van der Waals surface area contributed by atoms with E-state index in [1.165, 1.54) is 11.3 Å². The van der Waals surface area contributed by atoms with Crippen LogP contribution in [0.5, 0.6) is 0 Å². The standard InChI is InChI=1S/C21H22N4OS/c1-5-8-25-14(3)10-16(15(25)4)11-17(12-22)20(26)24-21-23-18-7-6-13(2)9-19(18)27-21/h6-7,9-11H,5,8H2,1-4H3,(H,23,24,26)/b17-11+. The Morgan fingerprint density at radius 3 is 2.81 bits per heavy atom. The fourth-order valence-electron chi connectivity index (χ4n) is 3.10. The minimum Gasteiger partial charge on any atom is -0.349 e. The summed E-state index contributed by atoms with van der Waals surface area (Å²) in [6.07, 6.45) is 2.68. The first-order valence-electron chi connectivity index (χ1n) is 8.90. The lowest BCUT2D eigenvalue weighted by molar-refractivity contribution is -0.112. The highest BCUT2D eigenvalue weighted by Crippen LogP contribution is 2.27. The number of rotatable bonds is 5. The molecule has 0 bridgehead atoms. The molecule has 0 saturated carbocycles. The van der Waals surface area contributed by atoms with Gasteiger partial charge >= 0.3 is 0 Å². The highest BCUT2D eigenvalue weighted by Gasteiger charge is 2.15. The second-order valence-corrected chi connectivity index (χ2v) is 7.62. The van der Waals surface area contributed by atoms with E-state index in [2.05, 4.69) is 21.8 Å². The summed E-state index contributed by atoms with van der Waals surface area (Å²) >= 11 is 1.41. The van der Waals surface area contributed by atoms with Crippen LogP contribution in [0.15, 0.2) is 29.8 Å². The van der Waals surface area contributed by atoms with Crippen LogP contribution in [0.25, 0.3) is 16.3 Å². The molecule has 0 fully saturated rings. The molecule has 5 nitrogen and oxygen atoms in total. The van der Waals surface area contributed by atoms with Crippen LogP contribution in [-0.2, 0) is 11.3 Å². The molecule has 0 unspecified atom stereocenters. The Kier molecular flexibility index (Phi) is 5.43. The molecule has 1 N–H and O–H groups in total. The second kappa shape index (κ2) is 7.77. The van der Waals surface area contributed by atoms with Gasteiger partial charge in [0.2, 0.25) is 0 Å². The van der Waals surface area contributed by atoms with Crippen LogP contribution in [-0.4, -0.2) is 15.5 Å². The molecule has 0 aliphatic carbocycles. The number of aryl methyl sites for hydroxylation is 2. The fraction of sp³-hybridized carbons (Fsp3) is 0.286. The highest BCUT2D eigenvalue weighted by molar-refractivity contribution is 7.22. The summed E-state index contributed by atoms with van der Waals surface area (Å²) in [5.74, 6) is -0.437. The average Bonchev–Trinajstić information content (AvgIpc) is 3.14. The van der Waals surface area contributed by atoms with Crippen LogP contribution >= 0.6 is 11.3 Å². The minimum atomic E-state index is -0.437. The van der Waals surface area contributed by atoms with Crippen molar-refractivity contribution in [2.24, 2.45) is 0 Å². The van der Waals surface area contributed by atoms with Crippen LogP contribution in [0.2, 0.25) is 0 Å². The van der Waals surface area contributed by atoms with Crippen molar-refractivity contribution in [3.8, 4) is 6.07 Å². The van der Waals surface area contributed by atoms with E-state index >= 15 is 0 Å². The number of anilines is 1. The molecule has 0 spiro atoms. The molecule has 0 saturated heterocycles. The summed E-state index contributed by atoms with van der Waals surface area (Å²) < 4.78 is 3.21. The molecule has 27 heavy (non-hydrogen) atoms. The Balaban J connectivity index is 1.86. The van der Waals surface area contributed by atoms with Crippen LogP contribution in [0.1, 0.15) is 35.9 Å². The van der Waals surface area contributed by atoms with E-state index in [4.69, 9.17) is 0 Å². The number of nitrogens with one attached hydrogen (secondary N) is 1. The Bertz CT molecular complexity index is 1080. The van der Waals surface area contributed by atoms with Gasteiger partial charge in [-0.2, -0.15) is 5.26 Å². The van der Waals surface area contributed by atoms with E-state index in [0.717, 1.165) is 45.7 Å². The van der Waals surface area contributed by atoms with Crippen molar-refractivity contribution >= 4 is 38.7 Å². The molecule has 6 heteroatoms. The van der Waals surface area contributed by atoms with Gasteiger partial charge in [-0.15, -0.1) is 0 Å². The van der Waals surface area contributed by atoms with Gasteiger partial charge in [0.05, 0.1) is 10.2 Å². The largest absolute Gasteiger partial charge is 0.349 e. The molecular weight excluding hydrogens is 356 g/mol. The molecule has 0 atom stereocenters. The van der Waals surface area contributed by atoms with Gasteiger partial charge in [-0.05, 0) is 62.6 Å². The van der Waals surface area contributed by atoms with E-state index < -0.39 is 5.91 Å². The van der Waals surface area contributed by atoms with Crippen LogP contribution in [0.3, 0.4) is 0 Å². The molecular formula is C21H22N4OS. The zero-order chi connectivity index (χ0) is 19.6. The summed E-state index contributed by atoms with van der Waals surface area (Å²) in [4.78, 5) is 17.0. The first kappa shape index (κ1) is 18.9. The Morgan fingerprint density at radius 2 is 2.11 bits per heavy atom. The number of benzene rings is 1. The maximum atomic E-state index is 12.6. The first-order valence-corrected chi connectivity index (χ1v) is 9.71. The Hall–Kier alpha value is -2.91. The zero-order valence-electron chi connectivity index (χ0n) is 16.0. The highest BCUT2D eigenvalue weighted by atomic mass is 32.1. The van der Waals surface area contributed by atoms with Gasteiger partial charge in [0.1, 0.15) is 11.6 Å². The molecule has 0 aliphatic heterocycles. The van der Waals surface area contributed by atoms with Crippen molar-refractivity contribution in [1.29, 1.82) is 5.26 Å². The molecule has 2 heterocycles. The van der Waals surface area contributed by atoms with Crippen LogP contribution in [0, 0.1) is 32.1 Å². The molecule has 1 aromatic carbocycles. The first-order chi connectivity index (χ1) is 12.9. The maximum absolute atomic E-state index is 12.6. The number of aromatic nitrogens is 2. The number of hydrogen-bond acceptors (Lipinski definition) is 4. The smallest absolute Gasteiger partial charge is 0.268 e. The van der Waals surface area contributed by atoms with E-state index in [1.54, 1.807) is 6.08 Å². The van der Waals surface area contributed by atoms with Crippen LogP contribution < -0.4 is 5.32 Å². The van der Waals surface area contributed by atoms with Crippen LogP contribution in [0.4, 0.5) is 5.13 Å². The molecule has 2 aromatic heterocycles. The number of carbonyl (C=O) groups excluding carboxylic acids is 1. The summed E-state index contributed by atoms with van der Waals surface area (Å²) in [6, 6.07) is 9.98. The summed E-state index contributed by atoms with van der Waals surface area (Å²) in [5, 5.41) is 12.7. The maximum Gasteiger partial charge on any atom is 0.268 e. The molecule has 138 valence electrons. The lowest BCUT2D eigenvalue weighted by Crippen LogP contribution is -2.13. The monoisotopic (exact) mass is 378 g/mol. The van der Waals surface area contributed by atoms with Crippen molar-refractivity contribution in [2.45, 2.75) is 40.7 Å². The average molecular weight is 379 g/mol. The van der Waals surface area contributed by atoms with Gasteiger partial charge in [0, 0.05) is 17.9 Å². The zero-order valence-corrected chi connectivity index (χ0v) is 16.8. The van der Waals surface area contributed by atoms with Crippen molar-refractivity contribution in [3.05, 3.63) is 52.4 Å². The molecule has 3 rings (SSSR count). The lowest BCUT2D eigenvalue weighted by Gasteiger charge is -2.07. The Morgan fingerprint density at radius 1 is 1.33 bits per heavy atom. The topological polar surface area (TPSA) is 70.7 Å². The van der Waals surface area contributed by atoms with E-state index in [1.807, 2.05) is 51.1 Å². The normalized spacial score (nSPS) is 11.6. The quantitative estimate of drug-likeness (QED) is 0.503. The summed E-state index contributed by atoms with van der Waals surface area (Å²) in [7, 11) is 0. The minimum absolute atomic E-state index is 0.0715. The number of fused-ring (bicyclic) bond motifs is 1. The van der Waals surface area contributed by atoms with Gasteiger partial charge < -0.3 is 4.57 Å². The summed E-state index contributed by atoms with van der Waals surface area (Å²) in [5.41, 5.74) is 5.13. The predicted molar refractivity (Wildman–Crippen MR) is 111 cm³/mol. The SMILES string of the molecule is CCCn1c(C)cc(/C=C(\C#N)C(=O)Nc2nc3ccc(C)cc3s2)c1C. The van der Waals surface area contributed by atoms with Gasteiger partial charge in [-0.3, -0.25) is 10.1 Å². The van der Waals surface area contributed by atoms with Gasteiger partial charge in [0.15, 0.2) is 5.13 Å². The lowest BCUT2D eigenvalue weighted by atomic mass is 10.1. The van der Waals surface area contributed by atoms with Gasteiger partial charge in [-0.25, -0.2) is 4.98 Å². The van der Waals surface area contributed by atoms with E-state index in [0.29, 0.717) is 5.13 Å². The van der Waals surface area contributed by atoms with Gasteiger partial charge in [-0.1, -0.05) is 24.3 Å². The molecule has 1 amide bonds. The van der Waals surface area contributed by atoms with E-state index in [-0.39, 0.29) is 5.57 Å². The number of carbonyl (C=O) groups is 1. The Labute approximate surface area is 163 Å². The van der Waals surface area contributed by atoms with Crippen molar-refractivity contribution in [2.75, 3.05) is 5.32 Å². The third-order valence-corrected chi connectivity index (χ3v) is 5.42. The third-order valence-electron chi connectivity index (χ3n) is 4.49. The van der Waals surface area contributed by atoms with Crippen molar-refractivity contribution in [1.82, 2.24) is 9.55 Å². The number of hydrogen-bond donors (Lipinski definition) is 1. The third kappa shape index (κ3) is 3.93. The predicted octanol–water partition coefficient (Wildman–Crippen LogP) is 4.98. The number of nitrogens with zero attached hydrogens (tertiary/aromatic N) is 3. The van der Waals surface area contributed by atoms with Crippen molar-refractivity contribution in [3.63, 3.8) is 0 Å². The van der Waals surface area contributed by atoms with E-state index in [9.17, 15) is 10.1 Å². The van der Waals surface area contributed by atoms with Crippen molar-refractivity contribution < 1.29 is 4.79 Å². The molecule has 3 aromatic rings. The van der Waals surface area contributed by atoms with Gasteiger partial charge in [0.25, 0.3) is 5.91 Å². The number of nitriles is 1. The fourth-order valence-corrected chi connectivity index (χ4v) is 4.05. The second-order valence-electron chi connectivity index (χ2n) is 6.59. The molecule has 0 aliphatic rings. The molecule has 0 radical (unpaired) electrons. The summed E-state index contributed by atoms with van der Waals surface area (Å²) in [6.45, 7) is 9.11.